The quantitative estimate of drug-likeness (QED) is 0.878. The summed E-state index contributed by atoms with van der Waals surface area (Å²) in [5, 5.41) is 5.06. The van der Waals surface area contributed by atoms with Crippen LogP contribution in [0.25, 0.3) is 10.8 Å². The molecule has 1 fully saturated rings. The highest BCUT2D eigenvalue weighted by molar-refractivity contribution is 6.06. The van der Waals surface area contributed by atoms with Crippen LogP contribution >= 0.6 is 0 Å². The van der Waals surface area contributed by atoms with Gasteiger partial charge in [-0.15, -0.1) is 0 Å². The molecular formula is C20H25NO3. The van der Waals surface area contributed by atoms with Gasteiger partial charge in [0.05, 0.1) is 6.10 Å². The van der Waals surface area contributed by atoms with Crippen molar-refractivity contribution in [3.05, 3.63) is 36.4 Å². The van der Waals surface area contributed by atoms with Crippen molar-refractivity contribution in [2.75, 3.05) is 12.4 Å². The van der Waals surface area contributed by atoms with Gasteiger partial charge in [-0.2, -0.15) is 0 Å². The van der Waals surface area contributed by atoms with Gasteiger partial charge in [0.25, 0.3) is 5.91 Å². The van der Waals surface area contributed by atoms with E-state index in [1.165, 1.54) is 0 Å². The Morgan fingerprint density at radius 1 is 1.08 bits per heavy atom. The van der Waals surface area contributed by atoms with Gasteiger partial charge in [0.15, 0.2) is 0 Å². The third-order valence-corrected chi connectivity index (χ3v) is 4.71. The minimum atomic E-state index is -0.686. The topological polar surface area (TPSA) is 47.6 Å². The zero-order valence-electron chi connectivity index (χ0n) is 14.6. The molecule has 128 valence electrons. The number of carbonyl (C=O) groups excluding carboxylic acids is 1. The molecule has 0 unspecified atom stereocenters. The van der Waals surface area contributed by atoms with Gasteiger partial charge in [0, 0.05) is 23.6 Å². The first-order chi connectivity index (χ1) is 11.6. The molecule has 4 heteroatoms. The molecule has 4 nitrogen and oxygen atoms in total. The second-order valence-electron chi connectivity index (χ2n) is 6.68. The maximum atomic E-state index is 12.8. The molecule has 2 aromatic carbocycles. The lowest BCUT2D eigenvalue weighted by molar-refractivity contribution is -0.136. The average Bonchev–Trinajstić information content (AvgIpc) is 3.07. The van der Waals surface area contributed by atoms with Gasteiger partial charge < -0.3 is 14.8 Å². The number of anilines is 1. The fraction of sp³-hybridized carbons (Fsp3) is 0.450. The van der Waals surface area contributed by atoms with Gasteiger partial charge in [-0.05, 0) is 51.7 Å². The Kier molecular flexibility index (Phi) is 4.76. The first kappa shape index (κ1) is 16.8. The molecule has 1 saturated carbocycles. The van der Waals surface area contributed by atoms with E-state index in [1.807, 2.05) is 50.2 Å². The second kappa shape index (κ2) is 6.81. The highest BCUT2D eigenvalue weighted by Crippen LogP contribution is 2.36. The zero-order chi connectivity index (χ0) is 17.2. The van der Waals surface area contributed by atoms with Crippen LogP contribution in [0.2, 0.25) is 0 Å². The van der Waals surface area contributed by atoms with Crippen molar-refractivity contribution in [1.29, 1.82) is 0 Å². The Labute approximate surface area is 143 Å². The molecule has 0 bridgehead atoms. The highest BCUT2D eigenvalue weighted by atomic mass is 16.5. The number of methoxy groups -OCH3 is 1. The van der Waals surface area contributed by atoms with Crippen LogP contribution in [0, 0.1) is 0 Å². The molecule has 1 amide bonds. The highest BCUT2D eigenvalue weighted by Gasteiger charge is 2.41. The zero-order valence-corrected chi connectivity index (χ0v) is 14.6. The van der Waals surface area contributed by atoms with E-state index >= 15 is 0 Å². The molecule has 1 aliphatic rings. The minimum Gasteiger partial charge on any atom is -0.490 e. The molecule has 0 radical (unpaired) electrons. The number of fused-ring (bicyclic) bond motifs is 1. The van der Waals surface area contributed by atoms with E-state index in [0.717, 1.165) is 47.9 Å². The molecule has 1 aliphatic carbocycles. The largest absolute Gasteiger partial charge is 0.490 e. The Morgan fingerprint density at radius 2 is 1.75 bits per heavy atom. The van der Waals surface area contributed by atoms with Gasteiger partial charge in [0.1, 0.15) is 11.4 Å². The Bertz CT molecular complexity index is 733. The summed E-state index contributed by atoms with van der Waals surface area (Å²) in [6.07, 6.45) is 3.72. The predicted molar refractivity (Wildman–Crippen MR) is 96.5 cm³/mol. The number of hydrogen-bond donors (Lipinski definition) is 1. The first-order valence-corrected chi connectivity index (χ1v) is 8.61. The predicted octanol–water partition coefficient (Wildman–Crippen LogP) is 4.52. The number of carbonyl (C=O) groups is 1. The van der Waals surface area contributed by atoms with Crippen LogP contribution in [0.1, 0.15) is 39.5 Å². The lowest BCUT2D eigenvalue weighted by atomic mass is 10.00. The standard InChI is InChI=1S/C20H25NO3/c1-14(2)24-18-11-10-17(15-8-4-5-9-16(15)18)21-19(22)20(23-3)12-6-7-13-20/h4-5,8-11,14H,6-7,12-13H2,1-3H3,(H,21,22). The molecule has 2 aromatic rings. The summed E-state index contributed by atoms with van der Waals surface area (Å²) in [5.74, 6) is 0.783. The third kappa shape index (κ3) is 3.11. The van der Waals surface area contributed by atoms with E-state index in [9.17, 15) is 4.79 Å². The van der Waals surface area contributed by atoms with Crippen molar-refractivity contribution >= 4 is 22.4 Å². The summed E-state index contributed by atoms with van der Waals surface area (Å²) < 4.78 is 11.5. The van der Waals surface area contributed by atoms with Crippen LogP contribution in [-0.4, -0.2) is 24.7 Å². The van der Waals surface area contributed by atoms with Crippen LogP contribution in [0.5, 0.6) is 5.75 Å². The monoisotopic (exact) mass is 327 g/mol. The maximum Gasteiger partial charge on any atom is 0.256 e. The SMILES string of the molecule is COC1(C(=O)Nc2ccc(OC(C)C)c3ccccc23)CCCC1. The summed E-state index contributed by atoms with van der Waals surface area (Å²) in [4.78, 5) is 12.8. The van der Waals surface area contributed by atoms with E-state index in [4.69, 9.17) is 9.47 Å². The summed E-state index contributed by atoms with van der Waals surface area (Å²) in [5.41, 5.74) is 0.115. The van der Waals surface area contributed by atoms with Crippen molar-refractivity contribution in [3.8, 4) is 5.75 Å². The summed E-state index contributed by atoms with van der Waals surface area (Å²) in [6.45, 7) is 4.01. The van der Waals surface area contributed by atoms with E-state index in [0.29, 0.717) is 0 Å². The fourth-order valence-corrected chi connectivity index (χ4v) is 3.44. The Morgan fingerprint density at radius 3 is 2.38 bits per heavy atom. The van der Waals surface area contributed by atoms with Gasteiger partial charge in [-0.3, -0.25) is 4.79 Å². The lowest BCUT2D eigenvalue weighted by Crippen LogP contribution is -2.42. The van der Waals surface area contributed by atoms with E-state index < -0.39 is 5.60 Å². The van der Waals surface area contributed by atoms with Crippen LogP contribution in [0.4, 0.5) is 5.69 Å². The number of amides is 1. The lowest BCUT2D eigenvalue weighted by Gasteiger charge is -2.26. The molecule has 0 spiro atoms. The van der Waals surface area contributed by atoms with Crippen LogP contribution in [0.3, 0.4) is 0 Å². The van der Waals surface area contributed by atoms with Crippen molar-refractivity contribution < 1.29 is 14.3 Å². The van der Waals surface area contributed by atoms with Crippen molar-refractivity contribution in [1.82, 2.24) is 0 Å². The van der Waals surface area contributed by atoms with Crippen LogP contribution in [-0.2, 0) is 9.53 Å². The normalized spacial score (nSPS) is 16.5. The van der Waals surface area contributed by atoms with E-state index in [-0.39, 0.29) is 12.0 Å². The van der Waals surface area contributed by atoms with Gasteiger partial charge in [-0.25, -0.2) is 0 Å². The Balaban J connectivity index is 1.94. The van der Waals surface area contributed by atoms with Gasteiger partial charge in [0.2, 0.25) is 0 Å². The van der Waals surface area contributed by atoms with E-state index in [2.05, 4.69) is 5.32 Å². The van der Waals surface area contributed by atoms with Crippen molar-refractivity contribution in [3.63, 3.8) is 0 Å². The van der Waals surface area contributed by atoms with Crippen molar-refractivity contribution in [2.45, 2.75) is 51.2 Å². The molecular weight excluding hydrogens is 302 g/mol. The molecule has 0 heterocycles. The number of ether oxygens (including phenoxy) is 2. The van der Waals surface area contributed by atoms with Crippen LogP contribution in [0.15, 0.2) is 36.4 Å². The molecule has 24 heavy (non-hydrogen) atoms. The maximum absolute atomic E-state index is 12.8. The van der Waals surface area contributed by atoms with E-state index in [1.54, 1.807) is 7.11 Å². The number of rotatable bonds is 5. The number of benzene rings is 2. The minimum absolute atomic E-state index is 0.0508. The third-order valence-electron chi connectivity index (χ3n) is 4.71. The fourth-order valence-electron chi connectivity index (χ4n) is 3.44. The molecule has 0 saturated heterocycles. The summed E-state index contributed by atoms with van der Waals surface area (Å²) in [7, 11) is 1.63. The molecule has 0 aliphatic heterocycles. The Hall–Kier alpha value is -2.07. The number of hydrogen-bond acceptors (Lipinski definition) is 3. The molecule has 3 rings (SSSR count). The first-order valence-electron chi connectivity index (χ1n) is 8.61. The average molecular weight is 327 g/mol. The molecule has 0 aromatic heterocycles. The second-order valence-corrected chi connectivity index (χ2v) is 6.68. The molecule has 0 atom stereocenters. The summed E-state index contributed by atoms with van der Waals surface area (Å²) in [6, 6.07) is 11.8. The van der Waals surface area contributed by atoms with Gasteiger partial charge >= 0.3 is 0 Å². The van der Waals surface area contributed by atoms with Crippen LogP contribution < -0.4 is 10.1 Å². The smallest absolute Gasteiger partial charge is 0.256 e. The molecule has 1 N–H and O–H groups in total. The van der Waals surface area contributed by atoms with Crippen molar-refractivity contribution in [2.24, 2.45) is 0 Å². The number of nitrogens with one attached hydrogen (secondary N) is 1. The van der Waals surface area contributed by atoms with Gasteiger partial charge in [-0.1, -0.05) is 24.3 Å². The summed E-state index contributed by atoms with van der Waals surface area (Å²) >= 11 is 0.